The quantitative estimate of drug-likeness (QED) is 0.776. The average Bonchev–Trinajstić information content (AvgIpc) is 2.35. The molecular weight excluding hydrogens is 310 g/mol. The molecule has 94 valence electrons. The summed E-state index contributed by atoms with van der Waals surface area (Å²) in [5.74, 6) is 0. The summed E-state index contributed by atoms with van der Waals surface area (Å²) < 4.78 is 1.09. The first-order valence-corrected chi connectivity index (χ1v) is 7.02. The summed E-state index contributed by atoms with van der Waals surface area (Å²) in [5.41, 5.74) is 3.29. The van der Waals surface area contributed by atoms with Crippen molar-refractivity contribution >= 4 is 33.2 Å². The number of benzene rings is 2. The zero-order valence-corrected chi connectivity index (χ0v) is 12.7. The smallest absolute Gasteiger partial charge is 0.0666 e. The molecule has 2 aromatic carbocycles. The number of anilines is 1. The van der Waals surface area contributed by atoms with Crippen LogP contribution in [0.2, 0.25) is 5.02 Å². The van der Waals surface area contributed by atoms with Crippen LogP contribution in [-0.4, -0.2) is 0 Å². The van der Waals surface area contributed by atoms with E-state index in [0.717, 1.165) is 20.7 Å². The molecule has 0 saturated carbocycles. The van der Waals surface area contributed by atoms with E-state index in [0.29, 0.717) is 0 Å². The van der Waals surface area contributed by atoms with Crippen LogP contribution in [0.5, 0.6) is 0 Å². The Labute approximate surface area is 121 Å². The Hall–Kier alpha value is -0.990. The lowest BCUT2D eigenvalue weighted by Gasteiger charge is -2.17. The number of hydrogen-bond acceptors (Lipinski definition) is 1. The summed E-state index contributed by atoms with van der Waals surface area (Å²) in [6.07, 6.45) is 0. The summed E-state index contributed by atoms with van der Waals surface area (Å²) in [7, 11) is 0. The van der Waals surface area contributed by atoms with Crippen LogP contribution in [0.3, 0.4) is 0 Å². The highest BCUT2D eigenvalue weighted by atomic mass is 79.9. The van der Waals surface area contributed by atoms with Crippen LogP contribution >= 0.6 is 27.5 Å². The van der Waals surface area contributed by atoms with E-state index in [9.17, 15) is 0 Å². The Bertz CT molecular complexity index is 554. The molecule has 0 aliphatic rings. The normalized spacial score (nSPS) is 12.2. The predicted molar refractivity (Wildman–Crippen MR) is 82.4 cm³/mol. The van der Waals surface area contributed by atoms with E-state index in [2.05, 4.69) is 40.3 Å². The maximum atomic E-state index is 6.28. The molecule has 0 aliphatic carbocycles. The molecule has 0 aromatic heterocycles. The molecule has 1 nitrogen and oxygen atoms in total. The third kappa shape index (κ3) is 3.06. The van der Waals surface area contributed by atoms with Crippen molar-refractivity contribution in [3.05, 3.63) is 63.1 Å². The first kappa shape index (κ1) is 13.4. The SMILES string of the molecule is Cc1cccc(NC(C)c2cccc(Br)c2)c1Cl. The van der Waals surface area contributed by atoms with Crippen LogP contribution in [0.4, 0.5) is 5.69 Å². The van der Waals surface area contributed by atoms with E-state index in [1.807, 2.05) is 37.3 Å². The third-order valence-corrected chi connectivity index (χ3v) is 3.91. The maximum absolute atomic E-state index is 6.28. The van der Waals surface area contributed by atoms with Gasteiger partial charge in [-0.25, -0.2) is 0 Å². The molecule has 0 spiro atoms. The van der Waals surface area contributed by atoms with Crippen molar-refractivity contribution < 1.29 is 0 Å². The highest BCUT2D eigenvalue weighted by Gasteiger charge is 2.08. The van der Waals surface area contributed by atoms with Crippen LogP contribution in [-0.2, 0) is 0 Å². The lowest BCUT2D eigenvalue weighted by molar-refractivity contribution is 0.883. The van der Waals surface area contributed by atoms with Gasteiger partial charge >= 0.3 is 0 Å². The van der Waals surface area contributed by atoms with Gasteiger partial charge < -0.3 is 5.32 Å². The summed E-state index contributed by atoms with van der Waals surface area (Å²) in [5, 5.41) is 4.23. The van der Waals surface area contributed by atoms with Crippen LogP contribution in [0.15, 0.2) is 46.9 Å². The van der Waals surface area contributed by atoms with Gasteiger partial charge in [-0.1, -0.05) is 51.8 Å². The Kier molecular flexibility index (Phi) is 4.31. The Morgan fingerprint density at radius 2 is 1.89 bits per heavy atom. The molecule has 0 heterocycles. The second kappa shape index (κ2) is 5.77. The van der Waals surface area contributed by atoms with Gasteiger partial charge in [-0.2, -0.15) is 0 Å². The van der Waals surface area contributed by atoms with Crippen molar-refractivity contribution in [3.63, 3.8) is 0 Å². The van der Waals surface area contributed by atoms with Gasteiger partial charge in [-0.15, -0.1) is 0 Å². The molecule has 0 radical (unpaired) electrons. The van der Waals surface area contributed by atoms with Crippen molar-refractivity contribution in [3.8, 4) is 0 Å². The number of hydrogen-bond donors (Lipinski definition) is 1. The molecule has 0 fully saturated rings. The molecule has 18 heavy (non-hydrogen) atoms. The summed E-state index contributed by atoms with van der Waals surface area (Å²) in [6, 6.07) is 14.5. The van der Waals surface area contributed by atoms with Gasteiger partial charge in [0.1, 0.15) is 0 Å². The van der Waals surface area contributed by atoms with Gasteiger partial charge in [0, 0.05) is 10.5 Å². The molecule has 0 bridgehead atoms. The highest BCUT2D eigenvalue weighted by Crippen LogP contribution is 2.29. The minimum absolute atomic E-state index is 0.210. The Morgan fingerprint density at radius 1 is 1.17 bits per heavy atom. The average molecular weight is 325 g/mol. The van der Waals surface area contributed by atoms with Gasteiger partial charge in [0.25, 0.3) is 0 Å². The van der Waals surface area contributed by atoms with Crippen LogP contribution in [0.1, 0.15) is 24.1 Å². The first-order valence-electron chi connectivity index (χ1n) is 5.85. The number of halogens is 2. The van der Waals surface area contributed by atoms with Crippen molar-refractivity contribution in [1.29, 1.82) is 0 Å². The summed E-state index contributed by atoms with van der Waals surface area (Å²) >= 11 is 9.77. The fourth-order valence-corrected chi connectivity index (χ4v) is 2.45. The van der Waals surface area contributed by atoms with Gasteiger partial charge in [0.05, 0.1) is 10.7 Å². The summed E-state index contributed by atoms with van der Waals surface area (Å²) in [6.45, 7) is 4.14. The zero-order valence-electron chi connectivity index (χ0n) is 10.4. The molecule has 1 N–H and O–H groups in total. The van der Waals surface area contributed by atoms with Gasteiger partial charge in [-0.3, -0.25) is 0 Å². The Morgan fingerprint density at radius 3 is 2.61 bits per heavy atom. The van der Waals surface area contributed by atoms with Crippen molar-refractivity contribution in [1.82, 2.24) is 0 Å². The molecule has 1 unspecified atom stereocenters. The molecule has 0 aliphatic heterocycles. The molecule has 2 rings (SSSR count). The number of nitrogens with one attached hydrogen (secondary N) is 1. The van der Waals surface area contributed by atoms with Crippen LogP contribution in [0, 0.1) is 6.92 Å². The molecule has 0 amide bonds. The van der Waals surface area contributed by atoms with E-state index >= 15 is 0 Å². The van der Waals surface area contributed by atoms with E-state index in [4.69, 9.17) is 11.6 Å². The van der Waals surface area contributed by atoms with Gasteiger partial charge in [-0.05, 0) is 43.2 Å². The fraction of sp³-hybridized carbons (Fsp3) is 0.200. The highest BCUT2D eigenvalue weighted by molar-refractivity contribution is 9.10. The predicted octanol–water partition coefficient (Wildman–Crippen LogP) is 5.58. The fourth-order valence-electron chi connectivity index (χ4n) is 1.85. The molecule has 0 saturated heterocycles. The number of rotatable bonds is 3. The summed E-state index contributed by atoms with van der Waals surface area (Å²) in [4.78, 5) is 0. The second-order valence-corrected chi connectivity index (χ2v) is 5.65. The van der Waals surface area contributed by atoms with Crippen molar-refractivity contribution in [2.45, 2.75) is 19.9 Å². The molecular formula is C15H15BrClN. The van der Waals surface area contributed by atoms with Gasteiger partial charge in [0.15, 0.2) is 0 Å². The van der Waals surface area contributed by atoms with E-state index in [1.165, 1.54) is 5.56 Å². The lowest BCUT2D eigenvalue weighted by atomic mass is 10.1. The van der Waals surface area contributed by atoms with Gasteiger partial charge in [0.2, 0.25) is 0 Å². The van der Waals surface area contributed by atoms with Crippen LogP contribution < -0.4 is 5.32 Å². The van der Waals surface area contributed by atoms with Crippen LogP contribution in [0.25, 0.3) is 0 Å². The maximum Gasteiger partial charge on any atom is 0.0666 e. The first-order chi connectivity index (χ1) is 8.58. The molecule has 1 atom stereocenters. The topological polar surface area (TPSA) is 12.0 Å². The Balaban J connectivity index is 2.21. The zero-order chi connectivity index (χ0) is 13.1. The van der Waals surface area contributed by atoms with E-state index in [-0.39, 0.29) is 6.04 Å². The second-order valence-electron chi connectivity index (χ2n) is 4.36. The van der Waals surface area contributed by atoms with E-state index in [1.54, 1.807) is 0 Å². The van der Waals surface area contributed by atoms with Crippen molar-refractivity contribution in [2.75, 3.05) is 5.32 Å². The van der Waals surface area contributed by atoms with Crippen molar-refractivity contribution in [2.24, 2.45) is 0 Å². The molecule has 2 aromatic rings. The minimum Gasteiger partial charge on any atom is -0.377 e. The minimum atomic E-state index is 0.210. The molecule has 3 heteroatoms. The van der Waals surface area contributed by atoms with E-state index < -0.39 is 0 Å². The monoisotopic (exact) mass is 323 g/mol. The number of aryl methyl sites for hydroxylation is 1. The lowest BCUT2D eigenvalue weighted by Crippen LogP contribution is -2.07. The third-order valence-electron chi connectivity index (χ3n) is 2.91. The largest absolute Gasteiger partial charge is 0.377 e. The standard InChI is InChI=1S/C15H15BrClN/c1-10-5-3-8-14(15(10)17)18-11(2)12-6-4-7-13(16)9-12/h3-9,11,18H,1-2H3.